The van der Waals surface area contributed by atoms with Crippen molar-refractivity contribution in [2.75, 3.05) is 6.54 Å². The molecule has 0 spiro atoms. The maximum atomic E-state index is 3.75. The van der Waals surface area contributed by atoms with Gasteiger partial charge >= 0.3 is 0 Å². The van der Waals surface area contributed by atoms with Crippen molar-refractivity contribution in [3.63, 3.8) is 0 Å². The standard InChI is InChI=1S/C12H16BrNS/c1-2-3-7-14-10-5-4-6-11-9(10)8-12(13)15-11/h2,8,10,14H,1,3-7H2. The van der Waals surface area contributed by atoms with Crippen LogP contribution in [-0.2, 0) is 6.42 Å². The number of thiophene rings is 1. The lowest BCUT2D eigenvalue weighted by atomic mass is 9.94. The Morgan fingerprint density at radius 1 is 1.67 bits per heavy atom. The van der Waals surface area contributed by atoms with Crippen LogP contribution < -0.4 is 5.32 Å². The summed E-state index contributed by atoms with van der Waals surface area (Å²) >= 11 is 5.47. The summed E-state index contributed by atoms with van der Waals surface area (Å²) in [4.78, 5) is 1.56. The fourth-order valence-electron chi connectivity index (χ4n) is 2.09. The Morgan fingerprint density at radius 2 is 2.53 bits per heavy atom. The van der Waals surface area contributed by atoms with Crippen LogP contribution in [0.2, 0.25) is 0 Å². The zero-order valence-corrected chi connectivity index (χ0v) is 11.2. The molecule has 1 N–H and O–H groups in total. The van der Waals surface area contributed by atoms with E-state index in [2.05, 4.69) is 33.9 Å². The molecule has 0 amide bonds. The molecule has 1 nitrogen and oxygen atoms in total. The lowest BCUT2D eigenvalue weighted by molar-refractivity contribution is 0.469. The van der Waals surface area contributed by atoms with Gasteiger partial charge < -0.3 is 5.32 Å². The van der Waals surface area contributed by atoms with E-state index < -0.39 is 0 Å². The average molecular weight is 286 g/mol. The van der Waals surface area contributed by atoms with Crippen molar-refractivity contribution in [2.45, 2.75) is 31.7 Å². The Morgan fingerprint density at radius 3 is 3.33 bits per heavy atom. The molecular weight excluding hydrogens is 270 g/mol. The largest absolute Gasteiger partial charge is 0.310 e. The fraction of sp³-hybridized carbons (Fsp3) is 0.500. The Balaban J connectivity index is 2.04. The lowest BCUT2D eigenvalue weighted by Crippen LogP contribution is -2.24. The van der Waals surface area contributed by atoms with Crippen LogP contribution in [0.25, 0.3) is 0 Å². The van der Waals surface area contributed by atoms with Gasteiger partial charge in [0.25, 0.3) is 0 Å². The van der Waals surface area contributed by atoms with Gasteiger partial charge in [0.05, 0.1) is 3.79 Å². The molecular formula is C12H16BrNS. The second-order valence-corrected chi connectivity index (χ2v) is 6.42. The lowest BCUT2D eigenvalue weighted by Gasteiger charge is -2.23. The molecule has 82 valence electrons. The molecule has 0 fully saturated rings. The number of fused-ring (bicyclic) bond motifs is 1. The second kappa shape index (κ2) is 5.28. The van der Waals surface area contributed by atoms with Crippen molar-refractivity contribution in [1.29, 1.82) is 0 Å². The average Bonchev–Trinajstić information content (AvgIpc) is 2.59. The third-order valence-corrected chi connectivity index (χ3v) is 4.54. The van der Waals surface area contributed by atoms with Crippen LogP contribution in [0, 0.1) is 0 Å². The van der Waals surface area contributed by atoms with Gasteiger partial charge in [0.1, 0.15) is 0 Å². The summed E-state index contributed by atoms with van der Waals surface area (Å²) in [5, 5.41) is 3.61. The summed E-state index contributed by atoms with van der Waals surface area (Å²) < 4.78 is 1.27. The molecule has 1 aliphatic carbocycles. The van der Waals surface area contributed by atoms with Crippen LogP contribution in [0.5, 0.6) is 0 Å². The minimum Gasteiger partial charge on any atom is -0.310 e. The van der Waals surface area contributed by atoms with Gasteiger partial charge in [0, 0.05) is 10.9 Å². The first kappa shape index (κ1) is 11.4. The zero-order chi connectivity index (χ0) is 10.7. The van der Waals surface area contributed by atoms with E-state index >= 15 is 0 Å². The molecule has 0 bridgehead atoms. The number of hydrogen-bond donors (Lipinski definition) is 1. The van der Waals surface area contributed by atoms with Crippen molar-refractivity contribution in [3.05, 3.63) is 32.9 Å². The third kappa shape index (κ3) is 2.71. The van der Waals surface area contributed by atoms with E-state index in [1.165, 1.54) is 28.6 Å². The topological polar surface area (TPSA) is 12.0 Å². The number of halogens is 1. The number of rotatable bonds is 4. The van der Waals surface area contributed by atoms with E-state index in [0.29, 0.717) is 6.04 Å². The minimum absolute atomic E-state index is 0.566. The molecule has 1 aromatic rings. The highest BCUT2D eigenvalue weighted by molar-refractivity contribution is 9.11. The van der Waals surface area contributed by atoms with Crippen LogP contribution in [-0.4, -0.2) is 6.54 Å². The first-order valence-electron chi connectivity index (χ1n) is 5.43. The Bertz CT molecular complexity index is 345. The van der Waals surface area contributed by atoms with Crippen LogP contribution >= 0.6 is 27.3 Å². The summed E-state index contributed by atoms with van der Waals surface area (Å²) in [6, 6.07) is 2.85. The van der Waals surface area contributed by atoms with Crippen molar-refractivity contribution < 1.29 is 0 Å². The van der Waals surface area contributed by atoms with Crippen molar-refractivity contribution >= 4 is 27.3 Å². The van der Waals surface area contributed by atoms with Crippen LogP contribution in [0.1, 0.15) is 35.7 Å². The Labute approximate surface area is 104 Å². The minimum atomic E-state index is 0.566. The summed E-state index contributed by atoms with van der Waals surface area (Å²) in [6.45, 7) is 4.79. The molecule has 15 heavy (non-hydrogen) atoms. The smallest absolute Gasteiger partial charge is 0.0704 e. The maximum Gasteiger partial charge on any atom is 0.0704 e. The van der Waals surface area contributed by atoms with Gasteiger partial charge in [-0.25, -0.2) is 0 Å². The van der Waals surface area contributed by atoms with E-state index in [4.69, 9.17) is 0 Å². The maximum absolute atomic E-state index is 3.75. The Kier molecular flexibility index (Phi) is 4.00. The highest BCUT2D eigenvalue weighted by Gasteiger charge is 2.21. The molecule has 0 saturated heterocycles. The van der Waals surface area contributed by atoms with Crippen LogP contribution in [0.3, 0.4) is 0 Å². The van der Waals surface area contributed by atoms with E-state index in [9.17, 15) is 0 Å². The molecule has 1 heterocycles. The predicted octanol–water partition coefficient (Wildman–Crippen LogP) is 4.05. The number of hydrogen-bond acceptors (Lipinski definition) is 2. The summed E-state index contributed by atoms with van der Waals surface area (Å²) in [7, 11) is 0. The van der Waals surface area contributed by atoms with Crippen molar-refractivity contribution in [2.24, 2.45) is 0 Å². The number of aryl methyl sites for hydroxylation is 1. The van der Waals surface area contributed by atoms with E-state index in [1.54, 1.807) is 4.88 Å². The number of nitrogens with one attached hydrogen (secondary N) is 1. The molecule has 1 aromatic heterocycles. The molecule has 1 atom stereocenters. The van der Waals surface area contributed by atoms with Gasteiger partial charge in [-0.2, -0.15) is 0 Å². The fourth-order valence-corrected chi connectivity index (χ4v) is 3.91. The normalized spacial score (nSPS) is 19.9. The molecule has 1 unspecified atom stereocenters. The molecule has 2 rings (SSSR count). The first-order chi connectivity index (χ1) is 7.31. The van der Waals surface area contributed by atoms with Gasteiger partial charge in [-0.1, -0.05) is 6.08 Å². The third-order valence-electron chi connectivity index (χ3n) is 2.82. The highest BCUT2D eigenvalue weighted by Crippen LogP contribution is 2.37. The molecule has 3 heteroatoms. The van der Waals surface area contributed by atoms with Crippen LogP contribution in [0.4, 0.5) is 0 Å². The summed E-state index contributed by atoms with van der Waals surface area (Å²) in [5.41, 5.74) is 1.52. The van der Waals surface area contributed by atoms with Gasteiger partial charge in [-0.15, -0.1) is 17.9 Å². The molecule has 1 aliphatic rings. The SMILES string of the molecule is C=CCCNC1CCCc2sc(Br)cc21. The van der Waals surface area contributed by atoms with E-state index in [1.807, 2.05) is 17.4 Å². The quantitative estimate of drug-likeness (QED) is 0.650. The van der Waals surface area contributed by atoms with Crippen molar-refractivity contribution in [1.82, 2.24) is 5.32 Å². The van der Waals surface area contributed by atoms with E-state index in [0.717, 1.165) is 13.0 Å². The molecule has 0 radical (unpaired) electrons. The second-order valence-electron chi connectivity index (χ2n) is 3.91. The first-order valence-corrected chi connectivity index (χ1v) is 7.04. The van der Waals surface area contributed by atoms with Gasteiger partial charge in [0.2, 0.25) is 0 Å². The predicted molar refractivity (Wildman–Crippen MR) is 70.5 cm³/mol. The van der Waals surface area contributed by atoms with Crippen LogP contribution in [0.15, 0.2) is 22.5 Å². The van der Waals surface area contributed by atoms with E-state index in [-0.39, 0.29) is 0 Å². The Hall–Kier alpha value is -0.120. The molecule has 0 aromatic carbocycles. The zero-order valence-electron chi connectivity index (χ0n) is 8.76. The van der Waals surface area contributed by atoms with Gasteiger partial charge in [-0.3, -0.25) is 0 Å². The summed E-state index contributed by atoms with van der Waals surface area (Å²) in [6.07, 6.45) is 6.86. The molecule has 0 saturated carbocycles. The summed E-state index contributed by atoms with van der Waals surface area (Å²) in [5.74, 6) is 0. The monoisotopic (exact) mass is 285 g/mol. The highest BCUT2D eigenvalue weighted by atomic mass is 79.9. The van der Waals surface area contributed by atoms with Gasteiger partial charge in [-0.05, 0) is 59.8 Å². The molecule has 0 aliphatic heterocycles. The van der Waals surface area contributed by atoms with Gasteiger partial charge in [0.15, 0.2) is 0 Å². The van der Waals surface area contributed by atoms with Crippen molar-refractivity contribution in [3.8, 4) is 0 Å².